The molecule has 2 atom stereocenters. The first-order valence-corrected chi connectivity index (χ1v) is 5.65. The van der Waals surface area contributed by atoms with Crippen LogP contribution in [0.25, 0.3) is 0 Å². The zero-order valence-corrected chi connectivity index (χ0v) is 10.1. The Hall–Kier alpha value is -1.62. The van der Waals surface area contributed by atoms with Crippen molar-refractivity contribution in [3.8, 4) is 17.5 Å². The number of hydrogen-bond donors (Lipinski definition) is 3. The Morgan fingerprint density at radius 3 is 2.88 bits per heavy atom. The van der Waals surface area contributed by atoms with E-state index in [1.165, 1.54) is 10.1 Å². The number of rotatable bonds is 0. The van der Waals surface area contributed by atoms with Gasteiger partial charge in [-0.05, 0) is 19.9 Å². The Balaban J connectivity index is 2.18. The lowest BCUT2D eigenvalue weighted by molar-refractivity contribution is 0.114. The molecule has 0 amide bonds. The zero-order chi connectivity index (χ0) is 12.4. The van der Waals surface area contributed by atoms with Crippen LogP contribution in [0.5, 0.6) is 17.5 Å². The molecule has 92 valence electrons. The van der Waals surface area contributed by atoms with Gasteiger partial charge in [0.05, 0.1) is 11.6 Å². The van der Waals surface area contributed by atoms with E-state index >= 15 is 0 Å². The van der Waals surface area contributed by atoms with Gasteiger partial charge in [-0.2, -0.15) is 0 Å². The molecule has 0 spiro atoms. The average Bonchev–Trinajstić information content (AvgIpc) is 2.66. The number of fused-ring (bicyclic) bond motifs is 3. The van der Waals surface area contributed by atoms with Crippen molar-refractivity contribution < 1.29 is 14.9 Å². The minimum absolute atomic E-state index is 0.0269. The fourth-order valence-electron chi connectivity index (χ4n) is 2.80. The molecule has 3 heterocycles. The van der Waals surface area contributed by atoms with Crippen LogP contribution in [-0.4, -0.2) is 26.9 Å². The standard InChI is InChI=1S/C12H16N2O3/c1-6-4-12(2)9(13-5-6)7-8(17-12)11(16)14(3)10(7)15/h4,9,13,15-16H,5H2,1-3H3. The molecule has 0 saturated carbocycles. The summed E-state index contributed by atoms with van der Waals surface area (Å²) in [6, 6.07) is -0.117. The molecule has 17 heavy (non-hydrogen) atoms. The molecule has 2 unspecified atom stereocenters. The molecule has 0 fully saturated rings. The third-order valence-electron chi connectivity index (χ3n) is 3.63. The third kappa shape index (κ3) is 1.17. The van der Waals surface area contributed by atoms with Gasteiger partial charge in [-0.15, -0.1) is 0 Å². The summed E-state index contributed by atoms with van der Waals surface area (Å²) in [6.07, 6.45) is 2.05. The van der Waals surface area contributed by atoms with Crippen molar-refractivity contribution in [2.75, 3.05) is 6.54 Å². The van der Waals surface area contributed by atoms with Crippen LogP contribution in [0, 0.1) is 0 Å². The van der Waals surface area contributed by atoms with Gasteiger partial charge in [-0.1, -0.05) is 5.57 Å². The van der Waals surface area contributed by atoms with E-state index in [0.717, 1.165) is 6.54 Å². The number of aromatic nitrogens is 1. The van der Waals surface area contributed by atoms with Crippen LogP contribution in [0.1, 0.15) is 25.5 Å². The minimum atomic E-state index is -0.532. The number of ether oxygens (including phenoxy) is 1. The Morgan fingerprint density at radius 1 is 1.47 bits per heavy atom. The molecule has 0 radical (unpaired) electrons. The highest BCUT2D eigenvalue weighted by Gasteiger charge is 2.49. The molecule has 0 bridgehead atoms. The van der Waals surface area contributed by atoms with E-state index in [-0.39, 0.29) is 17.8 Å². The van der Waals surface area contributed by atoms with Crippen LogP contribution < -0.4 is 10.1 Å². The molecule has 5 heteroatoms. The molecule has 2 aliphatic heterocycles. The lowest BCUT2D eigenvalue weighted by Gasteiger charge is -2.33. The molecule has 5 nitrogen and oxygen atoms in total. The van der Waals surface area contributed by atoms with Crippen LogP contribution in [0.4, 0.5) is 0 Å². The van der Waals surface area contributed by atoms with Crippen LogP contribution in [-0.2, 0) is 7.05 Å². The summed E-state index contributed by atoms with van der Waals surface area (Å²) < 4.78 is 7.16. The molecule has 0 saturated heterocycles. The molecule has 2 aliphatic rings. The Kier molecular flexibility index (Phi) is 1.85. The SMILES string of the molecule is CC1=CC2(C)Oc3c(c(O)n(C)c3O)C2NC1. The topological polar surface area (TPSA) is 66.7 Å². The fourth-order valence-corrected chi connectivity index (χ4v) is 2.80. The largest absolute Gasteiger partial charge is 0.494 e. The summed E-state index contributed by atoms with van der Waals surface area (Å²) in [5.41, 5.74) is 1.31. The predicted octanol–water partition coefficient (Wildman–Crippen LogP) is 1.18. The second kappa shape index (κ2) is 2.98. The number of aromatic hydroxyl groups is 2. The van der Waals surface area contributed by atoms with Gasteiger partial charge in [0.1, 0.15) is 5.60 Å². The van der Waals surface area contributed by atoms with Gasteiger partial charge < -0.3 is 20.3 Å². The lowest BCUT2D eigenvalue weighted by Crippen LogP contribution is -2.44. The highest BCUT2D eigenvalue weighted by Crippen LogP contribution is 2.54. The smallest absolute Gasteiger partial charge is 0.237 e. The molecular weight excluding hydrogens is 220 g/mol. The summed E-state index contributed by atoms with van der Waals surface area (Å²) in [5, 5.41) is 23.2. The maximum Gasteiger partial charge on any atom is 0.237 e. The maximum atomic E-state index is 10.0. The average molecular weight is 236 g/mol. The van der Waals surface area contributed by atoms with Crippen molar-refractivity contribution in [3.05, 3.63) is 17.2 Å². The van der Waals surface area contributed by atoms with Crippen LogP contribution in [0.15, 0.2) is 11.6 Å². The van der Waals surface area contributed by atoms with Crippen molar-refractivity contribution in [1.29, 1.82) is 0 Å². The first kappa shape index (κ1) is 10.5. The molecule has 0 aliphatic carbocycles. The molecular formula is C12H16N2O3. The van der Waals surface area contributed by atoms with E-state index in [9.17, 15) is 10.2 Å². The Labute approximate surface area is 99.3 Å². The van der Waals surface area contributed by atoms with Gasteiger partial charge >= 0.3 is 0 Å². The zero-order valence-electron chi connectivity index (χ0n) is 10.1. The molecule has 3 N–H and O–H groups in total. The van der Waals surface area contributed by atoms with Gasteiger partial charge in [0, 0.05) is 13.6 Å². The van der Waals surface area contributed by atoms with Gasteiger partial charge in [-0.25, -0.2) is 0 Å². The van der Waals surface area contributed by atoms with Crippen molar-refractivity contribution in [2.45, 2.75) is 25.5 Å². The van der Waals surface area contributed by atoms with E-state index in [0.29, 0.717) is 11.3 Å². The highest BCUT2D eigenvalue weighted by molar-refractivity contribution is 5.58. The first-order valence-electron chi connectivity index (χ1n) is 5.65. The minimum Gasteiger partial charge on any atom is -0.494 e. The second-order valence-electron chi connectivity index (χ2n) is 5.04. The quantitative estimate of drug-likeness (QED) is 0.592. The molecule has 3 rings (SSSR count). The molecule has 1 aromatic rings. The Bertz CT molecular complexity index is 532. The summed E-state index contributed by atoms with van der Waals surface area (Å²) in [4.78, 5) is 0. The monoisotopic (exact) mass is 236 g/mol. The van der Waals surface area contributed by atoms with Crippen LogP contribution in [0.3, 0.4) is 0 Å². The first-order chi connectivity index (χ1) is 7.94. The maximum absolute atomic E-state index is 10.0. The summed E-state index contributed by atoms with van der Waals surface area (Å²) >= 11 is 0. The predicted molar refractivity (Wildman–Crippen MR) is 62.3 cm³/mol. The van der Waals surface area contributed by atoms with Crippen molar-refractivity contribution >= 4 is 0 Å². The van der Waals surface area contributed by atoms with E-state index in [1.807, 2.05) is 19.9 Å². The number of hydrogen-bond acceptors (Lipinski definition) is 4. The second-order valence-corrected chi connectivity index (χ2v) is 5.04. The van der Waals surface area contributed by atoms with Crippen LogP contribution in [0.2, 0.25) is 0 Å². The number of nitrogens with one attached hydrogen (secondary N) is 1. The summed E-state index contributed by atoms with van der Waals surface area (Å²) in [7, 11) is 1.60. The highest BCUT2D eigenvalue weighted by atomic mass is 16.5. The van der Waals surface area contributed by atoms with E-state index < -0.39 is 5.60 Å². The normalized spacial score (nSPS) is 30.5. The van der Waals surface area contributed by atoms with Crippen molar-refractivity contribution in [2.24, 2.45) is 7.05 Å². The summed E-state index contributed by atoms with van der Waals surface area (Å²) in [6.45, 7) is 4.74. The molecule has 1 aromatic heterocycles. The van der Waals surface area contributed by atoms with Crippen molar-refractivity contribution in [3.63, 3.8) is 0 Å². The fraction of sp³-hybridized carbons (Fsp3) is 0.500. The van der Waals surface area contributed by atoms with E-state index in [1.54, 1.807) is 7.05 Å². The third-order valence-corrected chi connectivity index (χ3v) is 3.63. The van der Waals surface area contributed by atoms with Gasteiger partial charge in [-0.3, -0.25) is 4.57 Å². The lowest BCUT2D eigenvalue weighted by atomic mass is 9.88. The van der Waals surface area contributed by atoms with Gasteiger partial charge in [0.25, 0.3) is 0 Å². The van der Waals surface area contributed by atoms with E-state index in [4.69, 9.17) is 4.74 Å². The van der Waals surface area contributed by atoms with Gasteiger partial charge in [0.15, 0.2) is 5.75 Å². The van der Waals surface area contributed by atoms with E-state index in [2.05, 4.69) is 5.32 Å². The molecule has 0 aromatic carbocycles. The van der Waals surface area contributed by atoms with Crippen molar-refractivity contribution in [1.82, 2.24) is 9.88 Å². The van der Waals surface area contributed by atoms with Gasteiger partial charge in [0.2, 0.25) is 11.8 Å². The number of nitrogens with zero attached hydrogens (tertiary/aromatic N) is 1. The summed E-state index contributed by atoms with van der Waals surface area (Å²) in [5.74, 6) is 0.420. The Morgan fingerprint density at radius 2 is 2.18 bits per heavy atom. The van der Waals surface area contributed by atoms with Crippen LogP contribution >= 0.6 is 0 Å².